The molecule has 1 aromatic rings. The van der Waals surface area contributed by atoms with Gasteiger partial charge in [0.1, 0.15) is 5.69 Å². The van der Waals surface area contributed by atoms with Gasteiger partial charge in [-0.15, -0.1) is 0 Å². The summed E-state index contributed by atoms with van der Waals surface area (Å²) < 4.78 is 21.4. The fourth-order valence-electron chi connectivity index (χ4n) is 1.61. The molecule has 1 aromatic carbocycles. The molecule has 0 aliphatic heterocycles. The van der Waals surface area contributed by atoms with E-state index in [9.17, 15) is 23.3 Å². The maximum Gasteiger partial charge on any atom is 0.292 e. The quantitative estimate of drug-likeness (QED) is 0.368. The molecule has 21 heavy (non-hydrogen) atoms. The molecule has 10 heteroatoms. The number of carbonyl (C=O) groups is 1. The largest absolute Gasteiger partial charge is 0.383 e. The fraction of sp³-hybridized carbons (Fsp3) is 0.364. The SMILES string of the molecule is CNc1cc(C(=O)NCCCS(N)(=O)=O)ccc1[N+](=O)[O-]. The zero-order chi connectivity index (χ0) is 16.0. The molecule has 0 aliphatic rings. The van der Waals surface area contributed by atoms with E-state index in [4.69, 9.17) is 5.14 Å². The van der Waals surface area contributed by atoms with Crippen LogP contribution in [-0.2, 0) is 10.0 Å². The van der Waals surface area contributed by atoms with E-state index in [1.165, 1.54) is 25.2 Å². The Morgan fingerprint density at radius 1 is 1.43 bits per heavy atom. The van der Waals surface area contributed by atoms with E-state index in [-0.39, 0.29) is 35.7 Å². The molecule has 1 rings (SSSR count). The predicted octanol–water partition coefficient (Wildman–Crippen LogP) is 0.0449. The number of nitro groups is 1. The Kier molecular flexibility index (Phi) is 5.61. The van der Waals surface area contributed by atoms with Crippen LogP contribution in [0.2, 0.25) is 0 Å². The molecule has 0 atom stereocenters. The number of nitro benzene ring substituents is 1. The van der Waals surface area contributed by atoms with Gasteiger partial charge in [0, 0.05) is 25.2 Å². The summed E-state index contributed by atoms with van der Waals surface area (Å²) >= 11 is 0. The Hall–Kier alpha value is -2.20. The zero-order valence-corrected chi connectivity index (χ0v) is 12.1. The van der Waals surface area contributed by atoms with Gasteiger partial charge >= 0.3 is 0 Å². The van der Waals surface area contributed by atoms with Crippen LogP contribution in [0.4, 0.5) is 11.4 Å². The Bertz CT molecular complexity index is 644. The van der Waals surface area contributed by atoms with Crippen LogP contribution in [0.1, 0.15) is 16.8 Å². The standard InChI is InChI=1S/C11H16N4O5S/c1-13-9-7-8(3-4-10(9)15(17)18)11(16)14-5-2-6-21(12,19)20/h3-4,7,13H,2,5-6H2,1H3,(H,14,16)(H2,12,19,20). The fourth-order valence-corrected chi connectivity index (χ4v) is 2.16. The minimum absolute atomic E-state index is 0.136. The molecule has 0 aromatic heterocycles. The summed E-state index contributed by atoms with van der Waals surface area (Å²) in [5, 5.41) is 20.8. The molecule has 1 amide bonds. The smallest absolute Gasteiger partial charge is 0.292 e. The van der Waals surface area contributed by atoms with Crippen LogP contribution in [0.15, 0.2) is 18.2 Å². The number of anilines is 1. The lowest BCUT2D eigenvalue weighted by Crippen LogP contribution is -2.27. The first-order valence-electron chi connectivity index (χ1n) is 5.99. The first kappa shape index (κ1) is 16.9. The number of hydrogen-bond acceptors (Lipinski definition) is 6. The molecule has 0 bridgehead atoms. The van der Waals surface area contributed by atoms with E-state index in [2.05, 4.69) is 10.6 Å². The molecular formula is C11H16N4O5S. The first-order chi connectivity index (χ1) is 9.74. The van der Waals surface area contributed by atoms with E-state index in [0.717, 1.165) is 0 Å². The van der Waals surface area contributed by atoms with Crippen molar-refractivity contribution in [2.24, 2.45) is 5.14 Å². The van der Waals surface area contributed by atoms with Gasteiger partial charge in [-0.2, -0.15) is 0 Å². The van der Waals surface area contributed by atoms with Crippen molar-refractivity contribution in [2.75, 3.05) is 24.7 Å². The Balaban J connectivity index is 2.69. The third-order valence-corrected chi connectivity index (χ3v) is 3.47. The second-order valence-electron chi connectivity index (χ2n) is 4.22. The number of primary sulfonamides is 1. The van der Waals surface area contributed by atoms with E-state index in [0.29, 0.717) is 0 Å². The van der Waals surface area contributed by atoms with Gasteiger partial charge in [-0.3, -0.25) is 14.9 Å². The summed E-state index contributed by atoms with van der Waals surface area (Å²) in [6, 6.07) is 3.91. The van der Waals surface area contributed by atoms with Crippen molar-refractivity contribution in [3.05, 3.63) is 33.9 Å². The van der Waals surface area contributed by atoms with E-state index in [1.54, 1.807) is 0 Å². The summed E-state index contributed by atoms with van der Waals surface area (Å²) in [6.07, 6.45) is 0.191. The minimum atomic E-state index is -3.55. The van der Waals surface area contributed by atoms with Gasteiger partial charge in [0.2, 0.25) is 10.0 Å². The number of hydrogen-bond donors (Lipinski definition) is 3. The number of nitrogens with zero attached hydrogens (tertiary/aromatic N) is 1. The molecule has 0 radical (unpaired) electrons. The number of amides is 1. The summed E-state index contributed by atoms with van der Waals surface area (Å²) in [6.45, 7) is 0.140. The van der Waals surface area contributed by atoms with Gasteiger partial charge in [0.15, 0.2) is 0 Å². The number of rotatable bonds is 7. The van der Waals surface area contributed by atoms with Crippen LogP contribution in [0.3, 0.4) is 0 Å². The molecule has 0 spiro atoms. The Morgan fingerprint density at radius 2 is 2.10 bits per heavy atom. The molecule has 0 aliphatic carbocycles. The van der Waals surface area contributed by atoms with E-state index in [1.807, 2.05) is 0 Å². The van der Waals surface area contributed by atoms with Gasteiger partial charge in [-0.1, -0.05) is 0 Å². The number of nitrogens with one attached hydrogen (secondary N) is 2. The average molecular weight is 316 g/mol. The maximum absolute atomic E-state index is 11.8. The normalized spacial score (nSPS) is 11.0. The maximum atomic E-state index is 11.8. The number of benzene rings is 1. The molecule has 0 unspecified atom stereocenters. The Labute approximate surface area is 121 Å². The monoisotopic (exact) mass is 316 g/mol. The van der Waals surface area contributed by atoms with Crippen LogP contribution < -0.4 is 15.8 Å². The van der Waals surface area contributed by atoms with E-state index < -0.39 is 20.9 Å². The second-order valence-corrected chi connectivity index (χ2v) is 5.95. The van der Waals surface area contributed by atoms with Crippen molar-refractivity contribution in [1.82, 2.24) is 5.32 Å². The third kappa shape index (κ3) is 5.36. The highest BCUT2D eigenvalue weighted by Gasteiger charge is 2.15. The highest BCUT2D eigenvalue weighted by Crippen LogP contribution is 2.24. The zero-order valence-electron chi connectivity index (χ0n) is 11.3. The molecular weight excluding hydrogens is 300 g/mol. The van der Waals surface area contributed by atoms with Gasteiger partial charge in [0.25, 0.3) is 11.6 Å². The molecule has 0 fully saturated rings. The van der Waals surface area contributed by atoms with Gasteiger partial charge < -0.3 is 10.6 Å². The third-order valence-electron chi connectivity index (χ3n) is 2.62. The van der Waals surface area contributed by atoms with Crippen LogP contribution in [-0.4, -0.2) is 38.6 Å². The van der Waals surface area contributed by atoms with Gasteiger partial charge in [-0.25, -0.2) is 13.6 Å². The lowest BCUT2D eigenvalue weighted by molar-refractivity contribution is -0.383. The lowest BCUT2D eigenvalue weighted by Gasteiger charge is -2.07. The number of carbonyl (C=O) groups excluding carboxylic acids is 1. The van der Waals surface area contributed by atoms with Crippen molar-refractivity contribution in [3.8, 4) is 0 Å². The topological polar surface area (TPSA) is 144 Å². The van der Waals surface area contributed by atoms with E-state index >= 15 is 0 Å². The Morgan fingerprint density at radius 3 is 2.62 bits per heavy atom. The molecule has 0 heterocycles. The molecule has 9 nitrogen and oxygen atoms in total. The summed E-state index contributed by atoms with van der Waals surface area (Å²) in [5.74, 6) is -0.675. The lowest BCUT2D eigenvalue weighted by atomic mass is 10.1. The van der Waals surface area contributed by atoms with Crippen LogP contribution in [0, 0.1) is 10.1 Å². The first-order valence-corrected chi connectivity index (χ1v) is 7.71. The van der Waals surface area contributed by atoms with Gasteiger partial charge in [0.05, 0.1) is 10.7 Å². The second kappa shape index (κ2) is 6.99. The minimum Gasteiger partial charge on any atom is -0.383 e. The van der Waals surface area contributed by atoms with Crippen molar-refractivity contribution in [3.63, 3.8) is 0 Å². The van der Waals surface area contributed by atoms with Crippen molar-refractivity contribution in [1.29, 1.82) is 0 Å². The molecule has 0 saturated heterocycles. The molecule has 0 saturated carbocycles. The van der Waals surface area contributed by atoms with Crippen LogP contribution in [0.5, 0.6) is 0 Å². The average Bonchev–Trinajstić information content (AvgIpc) is 2.41. The molecule has 4 N–H and O–H groups in total. The number of sulfonamides is 1. The molecule has 116 valence electrons. The highest BCUT2D eigenvalue weighted by atomic mass is 32.2. The van der Waals surface area contributed by atoms with Crippen LogP contribution >= 0.6 is 0 Å². The summed E-state index contributed by atoms with van der Waals surface area (Å²) in [4.78, 5) is 22.0. The summed E-state index contributed by atoms with van der Waals surface area (Å²) in [7, 11) is -2.04. The van der Waals surface area contributed by atoms with Crippen molar-refractivity contribution < 1.29 is 18.1 Å². The summed E-state index contributed by atoms with van der Waals surface area (Å²) in [5.41, 5.74) is 0.320. The van der Waals surface area contributed by atoms with Crippen LogP contribution in [0.25, 0.3) is 0 Å². The predicted molar refractivity (Wildman–Crippen MR) is 77.6 cm³/mol. The van der Waals surface area contributed by atoms with Crippen molar-refractivity contribution >= 4 is 27.3 Å². The number of nitrogens with two attached hydrogens (primary N) is 1. The van der Waals surface area contributed by atoms with Gasteiger partial charge in [-0.05, 0) is 18.6 Å². The highest BCUT2D eigenvalue weighted by molar-refractivity contribution is 7.89. The van der Waals surface area contributed by atoms with Crippen molar-refractivity contribution in [2.45, 2.75) is 6.42 Å².